The SMILES string of the molecule is CNC[C@H](O)c1cc(NC[C@H](C)O)cc([C@H]2C#C[C@@H]3CC(=O)Oc4c3cc(c(O)c4C3CCCCC3)C[C@H]3OC(=O)/C(=C\[C@H](O)Cc4cccc(c4)C[C@@H]4C(=O)CC[C@@H]5[C@@H]4C[C@@H]4CCCC[C@H]4[C@]53O)C2)c1. The predicted octanol–water partition coefficient (Wildman–Crippen LogP) is 7.76. The lowest BCUT2D eigenvalue weighted by molar-refractivity contribution is -0.228. The zero-order valence-corrected chi connectivity index (χ0v) is 41.3. The van der Waals surface area contributed by atoms with E-state index in [1.165, 1.54) is 0 Å². The number of aromatic hydroxyl groups is 1. The van der Waals surface area contributed by atoms with E-state index in [1.54, 1.807) is 20.0 Å². The fourth-order valence-corrected chi connectivity index (χ4v) is 14.2. The summed E-state index contributed by atoms with van der Waals surface area (Å²) in [6.45, 7) is 2.16. The molecule has 0 radical (unpaired) electrons. The van der Waals surface area contributed by atoms with Crippen LogP contribution < -0.4 is 15.4 Å². The summed E-state index contributed by atoms with van der Waals surface area (Å²) < 4.78 is 13.2. The second kappa shape index (κ2) is 20.8. The van der Waals surface area contributed by atoms with Gasteiger partial charge in [-0.3, -0.25) is 9.59 Å². The average molecular weight is 969 g/mol. The number of carbonyl (C=O) groups excluding carboxylic acids is 3. The Hall–Kier alpha value is -5.03. The number of aliphatic hydroxyl groups is 4. The number of carbonyl (C=O) groups is 3. The van der Waals surface area contributed by atoms with Crippen molar-refractivity contribution in [1.82, 2.24) is 5.32 Å². The monoisotopic (exact) mass is 969 g/mol. The molecule has 4 aliphatic carbocycles. The van der Waals surface area contributed by atoms with Gasteiger partial charge < -0.3 is 45.6 Å². The highest BCUT2D eigenvalue weighted by molar-refractivity contribution is 5.89. The minimum absolute atomic E-state index is 0.00997. The molecule has 10 rings (SSSR count). The molecule has 0 spiro atoms. The average Bonchev–Trinajstić information content (AvgIpc) is 3.36. The van der Waals surface area contributed by atoms with Crippen molar-refractivity contribution in [1.29, 1.82) is 0 Å². The van der Waals surface area contributed by atoms with Gasteiger partial charge in [0, 0.05) is 66.6 Å². The van der Waals surface area contributed by atoms with Gasteiger partial charge >= 0.3 is 11.9 Å². The molecule has 7 aliphatic rings. The van der Waals surface area contributed by atoms with Crippen molar-refractivity contribution in [3.05, 3.63) is 99.1 Å². The molecule has 3 heterocycles. The van der Waals surface area contributed by atoms with Crippen molar-refractivity contribution in [2.45, 2.75) is 164 Å². The predicted molar refractivity (Wildman–Crippen MR) is 269 cm³/mol. The van der Waals surface area contributed by atoms with Gasteiger partial charge in [0.05, 0.1) is 30.7 Å². The van der Waals surface area contributed by atoms with Gasteiger partial charge in [-0.05, 0) is 141 Å². The van der Waals surface area contributed by atoms with Gasteiger partial charge in [0.2, 0.25) is 0 Å². The first-order chi connectivity index (χ1) is 34.3. The minimum Gasteiger partial charge on any atom is -0.507 e. The lowest BCUT2D eigenvalue weighted by Crippen LogP contribution is -2.65. The molecule has 3 aromatic carbocycles. The van der Waals surface area contributed by atoms with E-state index < -0.39 is 53.8 Å². The number of ketones is 1. The quantitative estimate of drug-likeness (QED) is 0.0660. The van der Waals surface area contributed by atoms with Crippen LogP contribution in [0.5, 0.6) is 11.5 Å². The second-order valence-corrected chi connectivity index (χ2v) is 22.3. The van der Waals surface area contributed by atoms with E-state index in [-0.39, 0.29) is 91.4 Å². The molecule has 12 heteroatoms. The van der Waals surface area contributed by atoms with Crippen LogP contribution in [0.25, 0.3) is 0 Å². The Bertz CT molecular complexity index is 2610. The van der Waals surface area contributed by atoms with Crippen molar-refractivity contribution in [2.24, 2.45) is 29.6 Å². The fourth-order valence-electron chi connectivity index (χ4n) is 14.2. The van der Waals surface area contributed by atoms with E-state index >= 15 is 4.79 Å². The van der Waals surface area contributed by atoms with Crippen molar-refractivity contribution in [2.75, 3.05) is 25.5 Å². The molecule has 0 aromatic heterocycles. The van der Waals surface area contributed by atoms with Crippen molar-refractivity contribution < 1.29 is 49.4 Å². The molecule has 4 saturated carbocycles. The van der Waals surface area contributed by atoms with Gasteiger partial charge in [-0.2, -0.15) is 0 Å². The topological polar surface area (TPSA) is 195 Å². The first kappa shape index (κ1) is 49.5. The molecule has 0 unspecified atom stereocenters. The van der Waals surface area contributed by atoms with E-state index in [1.807, 2.05) is 42.5 Å². The normalized spacial score (nSPS) is 32.5. The van der Waals surface area contributed by atoms with Crippen LogP contribution in [0.15, 0.2) is 60.2 Å². The highest BCUT2D eigenvalue weighted by Crippen LogP contribution is 2.59. The van der Waals surface area contributed by atoms with E-state index in [0.29, 0.717) is 58.5 Å². The third-order valence-corrected chi connectivity index (χ3v) is 17.5. The number of benzene rings is 3. The first-order valence-electron chi connectivity index (χ1n) is 26.7. The largest absolute Gasteiger partial charge is 0.507 e. The summed E-state index contributed by atoms with van der Waals surface area (Å²) in [7, 11) is 1.75. The Morgan fingerprint density at radius 2 is 1.59 bits per heavy atom. The number of ether oxygens (including phenoxy) is 2. The number of phenols is 1. The zero-order valence-electron chi connectivity index (χ0n) is 41.3. The molecule has 71 heavy (non-hydrogen) atoms. The highest BCUT2D eigenvalue weighted by Gasteiger charge is 2.62. The zero-order chi connectivity index (χ0) is 49.6. The third kappa shape index (κ3) is 10.1. The lowest BCUT2D eigenvalue weighted by atomic mass is 9.48. The molecule has 378 valence electrons. The Kier molecular flexibility index (Phi) is 14.5. The molecule has 12 nitrogen and oxygen atoms in total. The summed E-state index contributed by atoms with van der Waals surface area (Å²) in [6, 6.07) is 15.5. The summed E-state index contributed by atoms with van der Waals surface area (Å²) in [6.07, 6.45) is 7.89. The van der Waals surface area contributed by atoms with E-state index in [2.05, 4.69) is 28.5 Å². The molecular weight excluding hydrogens is 897 g/mol. The summed E-state index contributed by atoms with van der Waals surface area (Å²) in [4.78, 5) is 43.7. The number of aliphatic hydroxyl groups excluding tert-OH is 3. The van der Waals surface area contributed by atoms with E-state index in [4.69, 9.17) is 9.47 Å². The van der Waals surface area contributed by atoms with Gasteiger partial charge in [0.25, 0.3) is 0 Å². The molecule has 0 saturated heterocycles. The maximum atomic E-state index is 15.6. The second-order valence-electron chi connectivity index (χ2n) is 22.3. The van der Waals surface area contributed by atoms with Crippen LogP contribution >= 0.6 is 0 Å². The van der Waals surface area contributed by atoms with E-state index in [9.17, 15) is 35.1 Å². The number of esters is 2. The van der Waals surface area contributed by atoms with Crippen LogP contribution in [-0.4, -0.2) is 87.3 Å². The summed E-state index contributed by atoms with van der Waals surface area (Å²) in [5.74, 6) is 3.79. The summed E-state index contributed by atoms with van der Waals surface area (Å²) in [5.41, 5.74) is 4.01. The standard InChI is InChI=1S/C59H72N2O10/c1-33(62)31-61-44-24-40(23-41(25-44)52(65)32-60-2)37-15-16-38-30-54(66)71-57-46(38)28-42(56(67)55(57)36-11-4-3-5-12-36)29-53-59(69)49-14-7-6-13-39(49)27-47-48(51(64)18-17-50(47)59)21-35-10-8-9-34(19-35)20-45(63)26-43(22-37)58(68)70-53/h8-10,19,23-26,28,33,36-39,45,47-50,52-53,60-63,65,67,69H,3-7,11-14,17-18,20-22,27,29-32H2,1-2H3/b43-26-/t33-,37-,38+,39-,45+,47+,48-,49+,50+,52-,53+,59-/m0/s1. The van der Waals surface area contributed by atoms with Crippen LogP contribution in [0.2, 0.25) is 0 Å². The lowest BCUT2D eigenvalue weighted by Gasteiger charge is -2.59. The summed E-state index contributed by atoms with van der Waals surface area (Å²) >= 11 is 0. The number of nitrogens with one attached hydrogen (secondary N) is 2. The number of hydrogen-bond donors (Lipinski definition) is 7. The number of hydrogen-bond acceptors (Lipinski definition) is 12. The van der Waals surface area contributed by atoms with Crippen LogP contribution in [-0.2, 0) is 38.4 Å². The van der Waals surface area contributed by atoms with Crippen molar-refractivity contribution in [3.8, 4) is 23.3 Å². The maximum Gasteiger partial charge on any atom is 0.334 e. The Labute approximate surface area is 418 Å². The van der Waals surface area contributed by atoms with Gasteiger partial charge in [0.1, 0.15) is 29.0 Å². The van der Waals surface area contributed by atoms with Crippen LogP contribution in [0.3, 0.4) is 0 Å². The minimum atomic E-state index is -1.59. The number of anilines is 1. The van der Waals surface area contributed by atoms with Crippen LogP contribution in [0.1, 0.15) is 160 Å². The first-order valence-corrected chi connectivity index (χ1v) is 26.7. The number of likely N-dealkylation sites (N-methyl/N-ethyl adjacent to an activating group) is 1. The third-order valence-electron chi connectivity index (χ3n) is 17.5. The molecule has 7 N–H and O–H groups in total. The molecule has 10 bridgehead atoms. The van der Waals surface area contributed by atoms with Gasteiger partial charge in [0.15, 0.2) is 0 Å². The number of phenolic OH excluding ortho intramolecular Hbond substituents is 1. The Balaban J connectivity index is 1.21. The fraction of sp³-hybridized carbons (Fsp3) is 0.576. The number of Topliss-reactive ketones (excluding diaryl/α,β-unsaturated/α-hetero) is 1. The Morgan fingerprint density at radius 1 is 0.831 bits per heavy atom. The maximum absolute atomic E-state index is 15.6. The molecule has 0 amide bonds. The molecular formula is C59H72N2O10. The molecule has 3 aliphatic heterocycles. The van der Waals surface area contributed by atoms with Crippen molar-refractivity contribution >= 4 is 23.4 Å². The van der Waals surface area contributed by atoms with Crippen LogP contribution in [0.4, 0.5) is 5.69 Å². The van der Waals surface area contributed by atoms with E-state index in [0.717, 1.165) is 75.3 Å². The van der Waals surface area contributed by atoms with Gasteiger partial charge in [-0.25, -0.2) is 4.79 Å². The van der Waals surface area contributed by atoms with Gasteiger partial charge in [-0.1, -0.05) is 80.7 Å². The smallest absolute Gasteiger partial charge is 0.334 e. The summed E-state index contributed by atoms with van der Waals surface area (Å²) in [5, 5.41) is 67.1. The van der Waals surface area contributed by atoms with Gasteiger partial charge in [-0.15, -0.1) is 0 Å². The Morgan fingerprint density at radius 3 is 2.38 bits per heavy atom. The molecule has 3 aromatic rings. The molecule has 4 fully saturated rings. The number of fused-ring (bicyclic) bond motifs is 9. The molecule has 12 atom stereocenters. The van der Waals surface area contributed by atoms with Crippen LogP contribution in [0, 0.1) is 41.4 Å². The van der Waals surface area contributed by atoms with Crippen molar-refractivity contribution in [3.63, 3.8) is 0 Å². The highest BCUT2D eigenvalue weighted by atomic mass is 16.6. The number of rotatable bonds is 8.